The smallest absolute Gasteiger partial charge is 0.293 e. The molecular formula is C25H27N3O4S. The third kappa shape index (κ3) is 6.32. The first-order valence-electron chi connectivity index (χ1n) is 10.7. The Hall–Kier alpha value is -3.39. The fraction of sp³-hybridized carbons (Fsp3) is 0.280. The molecule has 1 saturated heterocycles. The van der Waals surface area contributed by atoms with Gasteiger partial charge in [0.15, 0.2) is 0 Å². The van der Waals surface area contributed by atoms with Gasteiger partial charge in [-0.25, -0.2) is 0 Å². The molecule has 1 fully saturated rings. The molecule has 33 heavy (non-hydrogen) atoms. The van der Waals surface area contributed by atoms with Gasteiger partial charge < -0.3 is 10.6 Å². The number of nitrogens with one attached hydrogen (secondary N) is 2. The van der Waals surface area contributed by atoms with Crippen molar-refractivity contribution in [1.82, 2.24) is 15.5 Å². The second-order valence-corrected chi connectivity index (χ2v) is 9.09. The molecule has 3 rings (SSSR count). The summed E-state index contributed by atoms with van der Waals surface area (Å²) in [6.45, 7) is 5.76. The van der Waals surface area contributed by atoms with Crippen molar-refractivity contribution >= 4 is 40.8 Å². The number of imide groups is 1. The van der Waals surface area contributed by atoms with E-state index in [0.717, 1.165) is 27.8 Å². The van der Waals surface area contributed by atoms with Gasteiger partial charge in [0.2, 0.25) is 5.91 Å². The molecule has 2 aromatic carbocycles. The van der Waals surface area contributed by atoms with Gasteiger partial charge in [0.1, 0.15) is 6.04 Å². The second-order valence-electron chi connectivity index (χ2n) is 8.10. The third-order valence-corrected chi connectivity index (χ3v) is 6.06. The molecule has 0 bridgehead atoms. The predicted molar refractivity (Wildman–Crippen MR) is 129 cm³/mol. The highest BCUT2D eigenvalue weighted by Crippen LogP contribution is 2.31. The van der Waals surface area contributed by atoms with Gasteiger partial charge in [-0.05, 0) is 48.4 Å². The van der Waals surface area contributed by atoms with Crippen molar-refractivity contribution in [3.8, 4) is 0 Å². The van der Waals surface area contributed by atoms with Crippen LogP contribution in [-0.4, -0.2) is 47.0 Å². The van der Waals surface area contributed by atoms with E-state index in [-0.39, 0.29) is 42.0 Å². The highest BCUT2D eigenvalue weighted by molar-refractivity contribution is 8.18. The predicted octanol–water partition coefficient (Wildman–Crippen LogP) is 3.60. The molecule has 0 saturated carbocycles. The van der Waals surface area contributed by atoms with Gasteiger partial charge in [0.05, 0.1) is 4.91 Å². The van der Waals surface area contributed by atoms with Crippen LogP contribution in [0.3, 0.4) is 0 Å². The van der Waals surface area contributed by atoms with Crippen LogP contribution in [0.5, 0.6) is 0 Å². The number of benzene rings is 2. The van der Waals surface area contributed by atoms with Crippen LogP contribution < -0.4 is 10.6 Å². The van der Waals surface area contributed by atoms with Crippen molar-refractivity contribution in [2.45, 2.75) is 26.8 Å². The van der Waals surface area contributed by atoms with Crippen LogP contribution in [0.4, 0.5) is 4.79 Å². The van der Waals surface area contributed by atoms with Crippen molar-refractivity contribution in [2.75, 3.05) is 13.1 Å². The van der Waals surface area contributed by atoms with Crippen molar-refractivity contribution in [1.29, 1.82) is 0 Å². The molecule has 1 unspecified atom stereocenters. The van der Waals surface area contributed by atoms with Gasteiger partial charge in [-0.3, -0.25) is 24.1 Å². The maximum atomic E-state index is 12.7. The molecule has 4 amide bonds. The van der Waals surface area contributed by atoms with Crippen LogP contribution in [0.2, 0.25) is 0 Å². The van der Waals surface area contributed by atoms with Crippen LogP contribution in [0.1, 0.15) is 35.3 Å². The fourth-order valence-corrected chi connectivity index (χ4v) is 4.12. The fourth-order valence-electron chi connectivity index (χ4n) is 3.26. The van der Waals surface area contributed by atoms with Gasteiger partial charge in [-0.15, -0.1) is 0 Å². The van der Waals surface area contributed by atoms with Gasteiger partial charge in [-0.1, -0.05) is 61.9 Å². The Morgan fingerprint density at radius 2 is 1.70 bits per heavy atom. The van der Waals surface area contributed by atoms with Crippen LogP contribution in [0.25, 0.3) is 6.08 Å². The SMILES string of the molecule is Cc1ccc(C(=O)NC(C(=O)NCCN2C(=O)SC(=Cc3ccccc3)C2=O)C(C)C)cc1. The summed E-state index contributed by atoms with van der Waals surface area (Å²) in [4.78, 5) is 51.6. The highest BCUT2D eigenvalue weighted by Gasteiger charge is 2.35. The number of carbonyl (C=O) groups is 4. The van der Waals surface area contributed by atoms with Gasteiger partial charge in [-0.2, -0.15) is 0 Å². The lowest BCUT2D eigenvalue weighted by Crippen LogP contribution is -2.51. The Bertz CT molecular complexity index is 1060. The van der Waals surface area contributed by atoms with Crippen LogP contribution in [-0.2, 0) is 9.59 Å². The molecule has 2 aromatic rings. The van der Waals surface area contributed by atoms with E-state index in [1.807, 2.05) is 63.2 Å². The first-order valence-corrected chi connectivity index (χ1v) is 11.5. The number of carbonyl (C=O) groups excluding carboxylic acids is 4. The third-order valence-electron chi connectivity index (χ3n) is 5.16. The summed E-state index contributed by atoms with van der Waals surface area (Å²) in [5, 5.41) is 5.13. The van der Waals surface area contributed by atoms with E-state index in [4.69, 9.17) is 0 Å². The number of nitrogens with zero attached hydrogens (tertiary/aromatic N) is 1. The summed E-state index contributed by atoms with van der Waals surface area (Å²) >= 11 is 0.882. The Morgan fingerprint density at radius 1 is 1.03 bits per heavy atom. The van der Waals surface area contributed by atoms with Crippen LogP contribution in [0.15, 0.2) is 59.5 Å². The monoisotopic (exact) mass is 465 g/mol. The summed E-state index contributed by atoms with van der Waals surface area (Å²) in [7, 11) is 0. The lowest BCUT2D eigenvalue weighted by Gasteiger charge is -2.22. The van der Waals surface area contributed by atoms with Crippen molar-refractivity contribution < 1.29 is 19.2 Å². The summed E-state index contributed by atoms with van der Waals surface area (Å²) in [6, 6.07) is 15.6. The van der Waals surface area contributed by atoms with E-state index in [9.17, 15) is 19.2 Å². The van der Waals surface area contributed by atoms with E-state index >= 15 is 0 Å². The Morgan fingerprint density at radius 3 is 2.33 bits per heavy atom. The number of hydrogen-bond donors (Lipinski definition) is 2. The molecule has 1 heterocycles. The van der Waals surface area contributed by atoms with Crippen LogP contribution in [0, 0.1) is 12.8 Å². The summed E-state index contributed by atoms with van der Waals surface area (Å²) < 4.78 is 0. The van der Waals surface area contributed by atoms with E-state index < -0.39 is 6.04 Å². The van der Waals surface area contributed by atoms with E-state index in [2.05, 4.69) is 10.6 Å². The van der Waals surface area contributed by atoms with Crippen molar-refractivity contribution in [2.24, 2.45) is 5.92 Å². The topological polar surface area (TPSA) is 95.6 Å². The molecule has 2 N–H and O–H groups in total. The van der Waals surface area contributed by atoms with Crippen molar-refractivity contribution in [3.05, 3.63) is 76.2 Å². The summed E-state index contributed by atoms with van der Waals surface area (Å²) in [5.74, 6) is -1.22. The largest absolute Gasteiger partial charge is 0.353 e. The standard InChI is InChI=1S/C25H27N3O4S/c1-16(2)21(27-22(29)19-11-9-17(3)10-12-19)23(30)26-13-14-28-24(31)20(33-25(28)32)15-18-7-5-4-6-8-18/h4-12,15-16,21H,13-14H2,1-3H3,(H,26,30)(H,27,29). The number of amides is 4. The molecule has 0 radical (unpaired) electrons. The lowest BCUT2D eigenvalue weighted by atomic mass is 10.0. The molecule has 7 nitrogen and oxygen atoms in total. The van der Waals surface area contributed by atoms with Gasteiger partial charge >= 0.3 is 0 Å². The number of aryl methyl sites for hydroxylation is 1. The summed E-state index contributed by atoms with van der Waals surface area (Å²) in [5.41, 5.74) is 2.35. The number of thioether (sulfide) groups is 1. The lowest BCUT2D eigenvalue weighted by molar-refractivity contribution is -0.125. The quantitative estimate of drug-likeness (QED) is 0.581. The van der Waals surface area contributed by atoms with E-state index in [1.165, 1.54) is 0 Å². The first-order chi connectivity index (χ1) is 15.8. The van der Waals surface area contributed by atoms with Crippen LogP contribution >= 0.6 is 11.8 Å². The second kappa shape index (κ2) is 11.0. The molecule has 1 aliphatic rings. The minimum absolute atomic E-state index is 0.0548. The molecule has 0 aromatic heterocycles. The molecule has 0 spiro atoms. The van der Waals surface area contributed by atoms with Crippen molar-refractivity contribution in [3.63, 3.8) is 0 Å². The molecule has 0 aliphatic carbocycles. The van der Waals surface area contributed by atoms with E-state index in [1.54, 1.807) is 18.2 Å². The molecule has 1 aliphatic heterocycles. The average Bonchev–Trinajstić information content (AvgIpc) is 3.05. The van der Waals surface area contributed by atoms with Gasteiger partial charge in [0, 0.05) is 18.7 Å². The number of rotatable bonds is 8. The zero-order chi connectivity index (χ0) is 24.0. The zero-order valence-electron chi connectivity index (χ0n) is 18.8. The maximum Gasteiger partial charge on any atom is 0.293 e. The molecule has 172 valence electrons. The Balaban J connectivity index is 1.56. The zero-order valence-corrected chi connectivity index (χ0v) is 19.6. The Kier molecular flexibility index (Phi) is 8.06. The van der Waals surface area contributed by atoms with Gasteiger partial charge in [0.25, 0.3) is 17.1 Å². The summed E-state index contributed by atoms with van der Waals surface area (Å²) in [6.07, 6.45) is 1.68. The highest BCUT2D eigenvalue weighted by atomic mass is 32.2. The Labute approximate surface area is 197 Å². The van der Waals surface area contributed by atoms with E-state index in [0.29, 0.717) is 10.5 Å². The molecule has 1 atom stereocenters. The molecular weight excluding hydrogens is 438 g/mol. The first kappa shape index (κ1) is 24.3. The minimum atomic E-state index is -0.744. The average molecular weight is 466 g/mol. The number of hydrogen-bond acceptors (Lipinski definition) is 5. The molecule has 8 heteroatoms. The maximum absolute atomic E-state index is 12.7. The minimum Gasteiger partial charge on any atom is -0.353 e. The normalized spacial score (nSPS) is 15.8.